The van der Waals surface area contributed by atoms with Gasteiger partial charge in [-0.1, -0.05) is 24.3 Å². The smallest absolute Gasteiger partial charge is 0.203 e. The third-order valence-corrected chi connectivity index (χ3v) is 5.19. The second kappa shape index (κ2) is 11.5. The van der Waals surface area contributed by atoms with Gasteiger partial charge in [0.05, 0.1) is 28.4 Å². The van der Waals surface area contributed by atoms with Crippen LogP contribution in [0.1, 0.15) is 21.5 Å². The number of allylic oxidation sites excluding steroid dienone is 1. The zero-order chi connectivity index (χ0) is 25.4. The van der Waals surface area contributed by atoms with E-state index < -0.39 is 0 Å². The molecule has 0 fully saturated rings. The normalized spacial score (nSPS) is 11.0. The third-order valence-electron chi connectivity index (χ3n) is 5.19. The van der Waals surface area contributed by atoms with Crippen LogP contribution in [-0.4, -0.2) is 39.3 Å². The third kappa shape index (κ3) is 5.86. The minimum absolute atomic E-state index is 0.0280. The van der Waals surface area contributed by atoms with E-state index in [1.807, 2.05) is 6.08 Å². The van der Waals surface area contributed by atoms with Gasteiger partial charge < -0.3 is 35.1 Å². The molecule has 0 bridgehead atoms. The Hall–Kier alpha value is -4.59. The van der Waals surface area contributed by atoms with E-state index in [4.69, 9.17) is 24.7 Å². The van der Waals surface area contributed by atoms with Gasteiger partial charge in [-0.25, -0.2) is 0 Å². The van der Waals surface area contributed by atoms with E-state index in [-0.39, 0.29) is 17.3 Å². The molecule has 0 saturated carbocycles. The minimum Gasteiger partial charge on any atom is -0.504 e. The van der Waals surface area contributed by atoms with Crippen molar-refractivity contribution in [2.75, 3.05) is 39.5 Å². The van der Waals surface area contributed by atoms with Gasteiger partial charge in [-0.3, -0.25) is 4.79 Å². The summed E-state index contributed by atoms with van der Waals surface area (Å²) in [6.45, 7) is 0. The number of phenolic OH excluding ortho intramolecular Hbond substituents is 1. The van der Waals surface area contributed by atoms with Crippen molar-refractivity contribution in [3.63, 3.8) is 0 Å². The average molecular weight is 477 g/mol. The van der Waals surface area contributed by atoms with Crippen molar-refractivity contribution in [1.29, 1.82) is 0 Å². The van der Waals surface area contributed by atoms with Crippen LogP contribution < -0.4 is 30.0 Å². The van der Waals surface area contributed by atoms with E-state index in [0.717, 1.165) is 5.56 Å². The Kier molecular flexibility index (Phi) is 8.24. The second-order valence-electron chi connectivity index (χ2n) is 7.33. The van der Waals surface area contributed by atoms with Crippen LogP contribution in [0, 0.1) is 0 Å². The van der Waals surface area contributed by atoms with Gasteiger partial charge >= 0.3 is 0 Å². The first-order valence-corrected chi connectivity index (χ1v) is 10.6. The highest BCUT2D eigenvalue weighted by Crippen LogP contribution is 2.39. The molecule has 35 heavy (non-hydrogen) atoms. The summed E-state index contributed by atoms with van der Waals surface area (Å²) in [5, 5.41) is 13.4. The fourth-order valence-corrected chi connectivity index (χ4v) is 3.41. The van der Waals surface area contributed by atoms with E-state index in [1.165, 1.54) is 19.4 Å². The van der Waals surface area contributed by atoms with Crippen molar-refractivity contribution in [1.82, 2.24) is 0 Å². The van der Waals surface area contributed by atoms with Crippen LogP contribution in [0.25, 0.3) is 12.2 Å². The molecule has 3 rings (SSSR count). The Morgan fingerprint density at radius 2 is 1.54 bits per heavy atom. The van der Waals surface area contributed by atoms with E-state index in [1.54, 1.807) is 75.9 Å². The lowest BCUT2D eigenvalue weighted by Crippen LogP contribution is -2.01. The van der Waals surface area contributed by atoms with Gasteiger partial charge in [0.2, 0.25) is 5.75 Å². The van der Waals surface area contributed by atoms with Crippen LogP contribution in [0.3, 0.4) is 0 Å². The molecule has 8 nitrogen and oxygen atoms in total. The molecule has 182 valence electrons. The maximum absolute atomic E-state index is 12.5. The second-order valence-corrected chi connectivity index (χ2v) is 7.33. The van der Waals surface area contributed by atoms with Gasteiger partial charge in [-0.2, -0.15) is 0 Å². The van der Waals surface area contributed by atoms with Gasteiger partial charge in [0.1, 0.15) is 0 Å². The first-order valence-electron chi connectivity index (χ1n) is 10.6. The molecule has 0 radical (unpaired) electrons. The highest BCUT2D eigenvalue weighted by Gasteiger charge is 2.13. The number of anilines is 2. The van der Waals surface area contributed by atoms with Gasteiger partial charge in [0.25, 0.3) is 0 Å². The van der Waals surface area contributed by atoms with Gasteiger partial charge in [0.15, 0.2) is 28.8 Å². The fraction of sp³-hybridized carbons (Fsp3) is 0.148. The molecular weight excluding hydrogens is 448 g/mol. The largest absolute Gasteiger partial charge is 0.504 e. The Morgan fingerprint density at radius 1 is 0.886 bits per heavy atom. The van der Waals surface area contributed by atoms with Crippen LogP contribution in [0.2, 0.25) is 0 Å². The van der Waals surface area contributed by atoms with Crippen LogP contribution in [-0.2, 0) is 0 Å². The topological polar surface area (TPSA) is 112 Å². The molecular formula is C27H28N2O6. The number of nitrogen functional groups attached to an aromatic ring is 1. The van der Waals surface area contributed by atoms with E-state index in [0.29, 0.717) is 39.8 Å². The number of nitrogens with two attached hydrogens (primary N) is 1. The highest BCUT2D eigenvalue weighted by molar-refractivity contribution is 6.08. The number of carbonyl (C=O) groups is 1. The molecule has 0 aliphatic carbocycles. The number of ketones is 1. The number of carbonyl (C=O) groups excluding carboxylic acids is 1. The monoisotopic (exact) mass is 476 g/mol. The van der Waals surface area contributed by atoms with Gasteiger partial charge in [-0.15, -0.1) is 0 Å². The molecule has 0 saturated heterocycles. The number of hydrogen-bond acceptors (Lipinski definition) is 8. The summed E-state index contributed by atoms with van der Waals surface area (Å²) in [6, 6.07) is 13.7. The number of benzene rings is 3. The molecule has 0 aliphatic rings. The number of hydrogen-bond donors (Lipinski definition) is 3. The predicted molar refractivity (Wildman–Crippen MR) is 138 cm³/mol. The first kappa shape index (κ1) is 25.0. The Labute approximate surface area is 204 Å². The lowest BCUT2D eigenvalue weighted by Gasteiger charge is -2.13. The van der Waals surface area contributed by atoms with E-state index in [9.17, 15) is 9.90 Å². The van der Waals surface area contributed by atoms with Crippen molar-refractivity contribution in [2.45, 2.75) is 0 Å². The summed E-state index contributed by atoms with van der Waals surface area (Å²) < 4.78 is 21.4. The van der Waals surface area contributed by atoms with E-state index in [2.05, 4.69) is 5.32 Å². The molecule has 0 amide bonds. The Morgan fingerprint density at radius 3 is 2.14 bits per heavy atom. The lowest BCUT2D eigenvalue weighted by atomic mass is 10.1. The zero-order valence-corrected chi connectivity index (χ0v) is 20.0. The lowest BCUT2D eigenvalue weighted by molar-refractivity contribution is 0.104. The molecule has 0 heterocycles. The van der Waals surface area contributed by atoms with E-state index >= 15 is 0 Å². The van der Waals surface area contributed by atoms with Crippen molar-refractivity contribution >= 4 is 29.3 Å². The summed E-state index contributed by atoms with van der Waals surface area (Å²) in [7, 11) is 6.09. The van der Waals surface area contributed by atoms with Crippen molar-refractivity contribution in [2.24, 2.45) is 0 Å². The minimum atomic E-state index is -0.240. The maximum Gasteiger partial charge on any atom is 0.203 e. The predicted octanol–water partition coefficient (Wildman–Crippen LogP) is 4.99. The molecule has 0 aromatic heterocycles. The Bertz CT molecular complexity index is 1240. The fourth-order valence-electron chi connectivity index (χ4n) is 3.41. The zero-order valence-electron chi connectivity index (χ0n) is 20.0. The van der Waals surface area contributed by atoms with Crippen LogP contribution in [0.15, 0.2) is 60.8 Å². The van der Waals surface area contributed by atoms with Crippen molar-refractivity contribution < 1.29 is 28.8 Å². The number of phenols is 1. The summed E-state index contributed by atoms with van der Waals surface area (Å²) in [5.74, 6) is 1.54. The number of methoxy groups -OCH3 is 4. The van der Waals surface area contributed by atoms with Crippen molar-refractivity contribution in [3.05, 3.63) is 77.5 Å². The van der Waals surface area contributed by atoms with Gasteiger partial charge in [0, 0.05) is 40.8 Å². The molecule has 0 aliphatic heterocycles. The SMILES string of the molecule is COc1cc(N/C=C\C(=O)c2ccccc2N)c(/C=C\c2cc(OC)c(OC)c(OC)c2)cc1O. The number of nitrogens with one attached hydrogen (secondary N) is 1. The summed E-state index contributed by atoms with van der Waals surface area (Å²) in [5.41, 5.74) is 8.74. The number of ether oxygens (including phenoxy) is 4. The average Bonchev–Trinajstić information content (AvgIpc) is 2.87. The molecule has 4 N–H and O–H groups in total. The van der Waals surface area contributed by atoms with Crippen molar-refractivity contribution in [3.8, 4) is 28.7 Å². The van der Waals surface area contributed by atoms with Crippen LogP contribution >= 0.6 is 0 Å². The first-order chi connectivity index (χ1) is 16.9. The highest BCUT2D eigenvalue weighted by atomic mass is 16.5. The molecule has 3 aromatic rings. The Balaban J connectivity index is 1.92. The molecule has 0 unspecified atom stereocenters. The quantitative estimate of drug-likeness (QED) is 0.123. The number of para-hydroxylation sites is 1. The van der Waals surface area contributed by atoms with Gasteiger partial charge in [-0.05, 0) is 35.9 Å². The summed E-state index contributed by atoms with van der Waals surface area (Å²) in [4.78, 5) is 12.5. The number of rotatable bonds is 10. The van der Waals surface area contributed by atoms with Crippen LogP contribution in [0.5, 0.6) is 28.7 Å². The van der Waals surface area contributed by atoms with Crippen LogP contribution in [0.4, 0.5) is 11.4 Å². The molecule has 3 aromatic carbocycles. The summed E-state index contributed by atoms with van der Waals surface area (Å²) in [6.07, 6.45) is 6.53. The molecule has 0 spiro atoms. The summed E-state index contributed by atoms with van der Waals surface area (Å²) >= 11 is 0. The molecule has 0 atom stereocenters. The standard InChI is InChI=1S/C27H28N2O6/c1-32-24-16-21(29-12-11-22(30)19-7-5-6-8-20(19)28)18(15-23(24)31)10-9-17-13-25(33-2)27(35-4)26(14-17)34-3/h5-16,29,31H,28H2,1-4H3/b10-9-,12-11-. The maximum atomic E-state index is 12.5. The number of aromatic hydroxyl groups is 1. The molecule has 8 heteroatoms.